The summed E-state index contributed by atoms with van der Waals surface area (Å²) >= 11 is 0. The molecule has 0 atom stereocenters. The molecule has 0 bridgehead atoms. The minimum absolute atomic E-state index is 0.230. The Morgan fingerprint density at radius 2 is 2.22 bits per heavy atom. The molecule has 2 N–H and O–H groups in total. The van der Waals surface area contributed by atoms with E-state index >= 15 is 0 Å². The maximum absolute atomic E-state index is 11.0. The summed E-state index contributed by atoms with van der Waals surface area (Å²) in [5.41, 5.74) is 5.43. The predicted octanol–water partition coefficient (Wildman–Crippen LogP) is 0.796. The van der Waals surface area contributed by atoms with E-state index in [-0.39, 0.29) is 11.8 Å². The largest absolute Gasteiger partial charge is 0.488 e. The van der Waals surface area contributed by atoms with Crippen LogP contribution in [-0.4, -0.2) is 41.0 Å². The molecule has 3 rings (SSSR count). The van der Waals surface area contributed by atoms with Gasteiger partial charge in [-0.1, -0.05) is 6.42 Å². The summed E-state index contributed by atoms with van der Waals surface area (Å²) in [6.07, 6.45) is 5.80. The van der Waals surface area contributed by atoms with Crippen molar-refractivity contribution >= 4 is 5.91 Å². The molecular weight excluding hydrogens is 230 g/mol. The average Bonchev–Trinajstić information content (AvgIpc) is 2.24. The molecule has 1 saturated heterocycles. The SMILES string of the molecule is NC(=O)c1cc(OC2CN(C3CCC3)C2)ccn1. The lowest BCUT2D eigenvalue weighted by Crippen LogP contribution is -2.59. The quantitative estimate of drug-likeness (QED) is 0.854. The summed E-state index contributed by atoms with van der Waals surface area (Å²) in [7, 11) is 0. The van der Waals surface area contributed by atoms with Crippen molar-refractivity contribution in [3.63, 3.8) is 0 Å². The van der Waals surface area contributed by atoms with Crippen molar-refractivity contribution in [3.05, 3.63) is 24.0 Å². The van der Waals surface area contributed by atoms with E-state index in [2.05, 4.69) is 9.88 Å². The number of primary amides is 1. The summed E-state index contributed by atoms with van der Waals surface area (Å²) in [6, 6.07) is 4.15. The number of rotatable bonds is 4. The zero-order valence-electron chi connectivity index (χ0n) is 10.2. The van der Waals surface area contributed by atoms with Gasteiger partial charge in [0.2, 0.25) is 0 Å². The lowest BCUT2D eigenvalue weighted by atomic mass is 9.89. The Morgan fingerprint density at radius 3 is 2.83 bits per heavy atom. The van der Waals surface area contributed by atoms with Crippen molar-refractivity contribution < 1.29 is 9.53 Å². The van der Waals surface area contributed by atoms with E-state index in [4.69, 9.17) is 10.5 Å². The number of nitrogens with zero attached hydrogens (tertiary/aromatic N) is 2. The van der Waals surface area contributed by atoms with Gasteiger partial charge in [0.25, 0.3) is 5.91 Å². The van der Waals surface area contributed by atoms with E-state index in [1.807, 2.05) is 0 Å². The number of carbonyl (C=O) groups is 1. The standard InChI is InChI=1S/C13H17N3O2/c14-13(17)12-6-10(4-5-15-12)18-11-7-16(8-11)9-2-1-3-9/h4-6,9,11H,1-3,7-8H2,(H2,14,17). The molecular formula is C13H17N3O2. The lowest BCUT2D eigenvalue weighted by molar-refractivity contribution is -0.0308. The smallest absolute Gasteiger partial charge is 0.267 e. The van der Waals surface area contributed by atoms with Gasteiger partial charge < -0.3 is 10.5 Å². The molecule has 1 aromatic heterocycles. The molecule has 1 aliphatic heterocycles. The second-order valence-corrected chi connectivity index (χ2v) is 5.02. The Labute approximate surface area is 106 Å². The second kappa shape index (κ2) is 4.57. The number of carbonyl (C=O) groups excluding carboxylic acids is 1. The van der Waals surface area contributed by atoms with Gasteiger partial charge in [0.1, 0.15) is 17.5 Å². The number of nitrogens with two attached hydrogens (primary N) is 1. The van der Waals surface area contributed by atoms with Crippen molar-refractivity contribution in [2.75, 3.05) is 13.1 Å². The fourth-order valence-electron chi connectivity index (χ4n) is 2.41. The summed E-state index contributed by atoms with van der Waals surface area (Å²) in [5.74, 6) is 0.155. The third kappa shape index (κ3) is 2.18. The summed E-state index contributed by atoms with van der Waals surface area (Å²) < 4.78 is 5.80. The van der Waals surface area contributed by atoms with Gasteiger partial charge in [-0.15, -0.1) is 0 Å². The number of hydrogen-bond donors (Lipinski definition) is 1. The Balaban J connectivity index is 1.54. The molecule has 0 unspecified atom stereocenters. The van der Waals surface area contributed by atoms with Gasteiger partial charge in [0.05, 0.1) is 0 Å². The fraction of sp³-hybridized carbons (Fsp3) is 0.538. The predicted molar refractivity (Wildman–Crippen MR) is 66.4 cm³/mol. The molecule has 0 radical (unpaired) electrons. The Kier molecular flexibility index (Phi) is 2.91. The van der Waals surface area contributed by atoms with E-state index < -0.39 is 5.91 Å². The number of aromatic nitrogens is 1. The molecule has 1 amide bonds. The molecule has 1 aliphatic carbocycles. The summed E-state index contributed by atoms with van der Waals surface area (Å²) in [6.45, 7) is 1.97. The van der Waals surface area contributed by atoms with Crippen LogP contribution in [0.3, 0.4) is 0 Å². The minimum atomic E-state index is -0.523. The molecule has 2 aliphatic rings. The number of hydrogen-bond acceptors (Lipinski definition) is 4. The normalized spacial score (nSPS) is 21.1. The highest BCUT2D eigenvalue weighted by atomic mass is 16.5. The molecule has 5 nitrogen and oxygen atoms in total. The Hall–Kier alpha value is -1.62. The topological polar surface area (TPSA) is 68.5 Å². The van der Waals surface area contributed by atoms with Crippen LogP contribution < -0.4 is 10.5 Å². The van der Waals surface area contributed by atoms with Gasteiger partial charge in [-0.25, -0.2) is 0 Å². The first-order valence-corrected chi connectivity index (χ1v) is 6.39. The maximum Gasteiger partial charge on any atom is 0.267 e. The zero-order chi connectivity index (χ0) is 12.5. The van der Waals surface area contributed by atoms with Crippen molar-refractivity contribution in [1.29, 1.82) is 0 Å². The van der Waals surface area contributed by atoms with Gasteiger partial charge in [-0.05, 0) is 18.9 Å². The highest BCUT2D eigenvalue weighted by Gasteiger charge is 2.36. The van der Waals surface area contributed by atoms with E-state index in [9.17, 15) is 4.79 Å². The van der Waals surface area contributed by atoms with E-state index in [1.165, 1.54) is 19.3 Å². The van der Waals surface area contributed by atoms with E-state index in [0.29, 0.717) is 5.75 Å². The van der Waals surface area contributed by atoms with Crippen LogP contribution in [0.25, 0.3) is 0 Å². The van der Waals surface area contributed by atoms with Gasteiger partial charge in [0, 0.05) is 31.4 Å². The molecule has 18 heavy (non-hydrogen) atoms. The van der Waals surface area contributed by atoms with Crippen LogP contribution in [0.2, 0.25) is 0 Å². The van der Waals surface area contributed by atoms with Gasteiger partial charge in [0.15, 0.2) is 0 Å². The molecule has 0 spiro atoms. The van der Waals surface area contributed by atoms with Crippen LogP contribution in [0.4, 0.5) is 0 Å². The van der Waals surface area contributed by atoms with Crippen molar-refractivity contribution in [1.82, 2.24) is 9.88 Å². The van der Waals surface area contributed by atoms with Gasteiger partial charge in [-0.2, -0.15) is 0 Å². The highest BCUT2D eigenvalue weighted by molar-refractivity contribution is 5.91. The minimum Gasteiger partial charge on any atom is -0.488 e. The molecule has 5 heteroatoms. The third-order valence-electron chi connectivity index (χ3n) is 3.75. The van der Waals surface area contributed by atoms with Crippen LogP contribution in [0.5, 0.6) is 5.75 Å². The summed E-state index contributed by atoms with van der Waals surface area (Å²) in [5, 5.41) is 0. The van der Waals surface area contributed by atoms with Crippen LogP contribution >= 0.6 is 0 Å². The van der Waals surface area contributed by atoms with E-state index in [0.717, 1.165) is 19.1 Å². The number of likely N-dealkylation sites (tertiary alicyclic amines) is 1. The maximum atomic E-state index is 11.0. The lowest BCUT2D eigenvalue weighted by Gasteiger charge is -2.47. The Morgan fingerprint density at radius 1 is 1.44 bits per heavy atom. The first-order valence-electron chi connectivity index (χ1n) is 6.39. The molecule has 2 heterocycles. The number of amides is 1. The molecule has 0 aromatic carbocycles. The van der Waals surface area contributed by atoms with E-state index in [1.54, 1.807) is 18.3 Å². The fourth-order valence-corrected chi connectivity index (χ4v) is 2.41. The monoisotopic (exact) mass is 247 g/mol. The third-order valence-corrected chi connectivity index (χ3v) is 3.75. The van der Waals surface area contributed by atoms with Crippen LogP contribution in [-0.2, 0) is 0 Å². The second-order valence-electron chi connectivity index (χ2n) is 5.02. The van der Waals surface area contributed by atoms with Crippen molar-refractivity contribution in [2.24, 2.45) is 5.73 Å². The highest BCUT2D eigenvalue weighted by Crippen LogP contribution is 2.29. The van der Waals surface area contributed by atoms with Crippen LogP contribution in [0.15, 0.2) is 18.3 Å². The van der Waals surface area contributed by atoms with Crippen molar-refractivity contribution in [3.8, 4) is 5.75 Å². The molecule has 1 saturated carbocycles. The van der Waals surface area contributed by atoms with Gasteiger partial charge >= 0.3 is 0 Å². The Bertz CT molecular complexity index is 453. The van der Waals surface area contributed by atoms with Crippen LogP contribution in [0, 0.1) is 0 Å². The zero-order valence-corrected chi connectivity index (χ0v) is 10.2. The summed E-state index contributed by atoms with van der Waals surface area (Å²) in [4.78, 5) is 17.4. The molecule has 1 aromatic rings. The van der Waals surface area contributed by atoms with Crippen molar-refractivity contribution in [2.45, 2.75) is 31.4 Å². The first kappa shape index (κ1) is 11.5. The van der Waals surface area contributed by atoms with Gasteiger partial charge in [-0.3, -0.25) is 14.7 Å². The van der Waals surface area contributed by atoms with Crippen LogP contribution in [0.1, 0.15) is 29.8 Å². The average molecular weight is 247 g/mol. The number of ether oxygens (including phenoxy) is 1. The molecule has 2 fully saturated rings. The molecule has 96 valence electrons. The number of pyridine rings is 1. The first-order chi connectivity index (χ1) is 8.72.